The molecule has 1 aromatic carbocycles. The van der Waals surface area contributed by atoms with E-state index in [1.807, 2.05) is 0 Å². The minimum atomic E-state index is 0.731. The van der Waals surface area contributed by atoms with Gasteiger partial charge in [0.25, 0.3) is 0 Å². The SMILES string of the molecule is CCCNC1CCC(Cc2nn(CC)c3ccccc23)C1. The lowest BCUT2D eigenvalue weighted by Crippen LogP contribution is -2.27. The van der Waals surface area contributed by atoms with Crippen molar-refractivity contribution in [3.63, 3.8) is 0 Å². The fraction of sp³-hybridized carbons (Fsp3) is 0.611. The Morgan fingerprint density at radius 1 is 1.24 bits per heavy atom. The summed E-state index contributed by atoms with van der Waals surface area (Å²) in [7, 11) is 0. The molecule has 1 aliphatic carbocycles. The first-order chi connectivity index (χ1) is 10.3. The van der Waals surface area contributed by atoms with E-state index in [2.05, 4.69) is 48.1 Å². The van der Waals surface area contributed by atoms with E-state index in [1.54, 1.807) is 0 Å². The van der Waals surface area contributed by atoms with Crippen molar-refractivity contribution in [2.45, 2.75) is 58.5 Å². The zero-order valence-corrected chi connectivity index (χ0v) is 13.3. The van der Waals surface area contributed by atoms with E-state index in [0.29, 0.717) is 0 Å². The summed E-state index contributed by atoms with van der Waals surface area (Å²) >= 11 is 0. The van der Waals surface area contributed by atoms with Crippen LogP contribution in [0.4, 0.5) is 0 Å². The van der Waals surface area contributed by atoms with E-state index in [9.17, 15) is 0 Å². The van der Waals surface area contributed by atoms with Gasteiger partial charge >= 0.3 is 0 Å². The van der Waals surface area contributed by atoms with Crippen LogP contribution in [-0.2, 0) is 13.0 Å². The highest BCUT2D eigenvalue weighted by molar-refractivity contribution is 5.81. The number of aryl methyl sites for hydroxylation is 1. The molecule has 3 heteroatoms. The summed E-state index contributed by atoms with van der Waals surface area (Å²) in [4.78, 5) is 0. The zero-order valence-electron chi connectivity index (χ0n) is 13.3. The van der Waals surface area contributed by atoms with Gasteiger partial charge in [0.1, 0.15) is 0 Å². The maximum atomic E-state index is 4.85. The predicted octanol–water partition coefficient (Wildman–Crippen LogP) is 3.77. The molecule has 0 amide bonds. The molecule has 2 aromatic rings. The first-order valence-corrected chi connectivity index (χ1v) is 8.49. The Balaban J connectivity index is 1.71. The van der Waals surface area contributed by atoms with Gasteiger partial charge in [-0.25, -0.2) is 0 Å². The van der Waals surface area contributed by atoms with Crippen LogP contribution in [0.15, 0.2) is 24.3 Å². The molecule has 2 atom stereocenters. The second-order valence-electron chi connectivity index (χ2n) is 6.31. The van der Waals surface area contributed by atoms with Crippen molar-refractivity contribution < 1.29 is 0 Å². The fourth-order valence-electron chi connectivity index (χ4n) is 3.66. The summed E-state index contributed by atoms with van der Waals surface area (Å²) in [5, 5.41) is 9.88. The van der Waals surface area contributed by atoms with Crippen LogP contribution in [0.5, 0.6) is 0 Å². The summed E-state index contributed by atoms with van der Waals surface area (Å²) < 4.78 is 2.15. The van der Waals surface area contributed by atoms with E-state index in [0.717, 1.165) is 31.5 Å². The molecule has 0 bridgehead atoms. The Hall–Kier alpha value is -1.35. The van der Waals surface area contributed by atoms with Crippen molar-refractivity contribution in [3.05, 3.63) is 30.0 Å². The number of rotatable bonds is 6. The van der Waals surface area contributed by atoms with Crippen LogP contribution in [0, 0.1) is 5.92 Å². The largest absolute Gasteiger partial charge is 0.314 e. The lowest BCUT2D eigenvalue weighted by Gasteiger charge is -2.12. The number of para-hydroxylation sites is 1. The van der Waals surface area contributed by atoms with Crippen LogP contribution >= 0.6 is 0 Å². The van der Waals surface area contributed by atoms with Crippen LogP contribution in [-0.4, -0.2) is 22.4 Å². The van der Waals surface area contributed by atoms with Crippen molar-refractivity contribution in [1.82, 2.24) is 15.1 Å². The standard InChI is InChI=1S/C18H27N3/c1-3-11-19-15-10-9-14(12-15)13-17-16-7-5-6-8-18(16)21(4-2)20-17/h5-8,14-15,19H,3-4,9-13H2,1-2H3. The molecule has 0 saturated heterocycles. The third-order valence-corrected chi connectivity index (χ3v) is 4.74. The number of hydrogen-bond acceptors (Lipinski definition) is 2. The predicted molar refractivity (Wildman–Crippen MR) is 88.5 cm³/mol. The molecule has 0 spiro atoms. The summed E-state index contributed by atoms with van der Waals surface area (Å²) in [5.74, 6) is 0.794. The number of benzene rings is 1. The van der Waals surface area contributed by atoms with Crippen molar-refractivity contribution in [3.8, 4) is 0 Å². The molecule has 2 unspecified atom stereocenters. The van der Waals surface area contributed by atoms with Gasteiger partial charge in [0.2, 0.25) is 0 Å². The Kier molecular flexibility index (Phi) is 4.59. The maximum absolute atomic E-state index is 4.85. The zero-order chi connectivity index (χ0) is 14.7. The van der Waals surface area contributed by atoms with Gasteiger partial charge in [-0.15, -0.1) is 0 Å². The molecule has 1 N–H and O–H groups in total. The first kappa shape index (κ1) is 14.6. The summed E-state index contributed by atoms with van der Waals surface area (Å²) in [6.45, 7) is 6.52. The molecular weight excluding hydrogens is 258 g/mol. The van der Waals surface area contributed by atoms with Crippen LogP contribution < -0.4 is 5.32 Å². The molecule has 1 saturated carbocycles. The van der Waals surface area contributed by atoms with Crippen molar-refractivity contribution in [2.24, 2.45) is 5.92 Å². The van der Waals surface area contributed by atoms with Gasteiger partial charge < -0.3 is 5.32 Å². The van der Waals surface area contributed by atoms with E-state index >= 15 is 0 Å². The van der Waals surface area contributed by atoms with Crippen LogP contribution in [0.3, 0.4) is 0 Å². The average Bonchev–Trinajstić information content (AvgIpc) is 3.10. The van der Waals surface area contributed by atoms with Gasteiger partial charge in [0.15, 0.2) is 0 Å². The van der Waals surface area contributed by atoms with Gasteiger partial charge in [-0.05, 0) is 57.6 Å². The highest BCUT2D eigenvalue weighted by Gasteiger charge is 2.25. The highest BCUT2D eigenvalue weighted by atomic mass is 15.3. The minimum absolute atomic E-state index is 0.731. The Morgan fingerprint density at radius 2 is 2.10 bits per heavy atom. The molecule has 1 aliphatic rings. The lowest BCUT2D eigenvalue weighted by molar-refractivity contribution is 0.479. The molecule has 1 aromatic heterocycles. The number of fused-ring (bicyclic) bond motifs is 1. The van der Waals surface area contributed by atoms with Gasteiger partial charge in [0.05, 0.1) is 11.2 Å². The topological polar surface area (TPSA) is 29.9 Å². The quantitative estimate of drug-likeness (QED) is 0.875. The van der Waals surface area contributed by atoms with Crippen LogP contribution in [0.25, 0.3) is 10.9 Å². The molecule has 1 heterocycles. The highest BCUT2D eigenvalue weighted by Crippen LogP contribution is 2.30. The number of nitrogens with zero attached hydrogens (tertiary/aromatic N) is 2. The Bertz CT molecular complexity index is 587. The average molecular weight is 285 g/mol. The number of hydrogen-bond donors (Lipinski definition) is 1. The molecule has 21 heavy (non-hydrogen) atoms. The van der Waals surface area contributed by atoms with Gasteiger partial charge in [0, 0.05) is 18.0 Å². The molecule has 1 fully saturated rings. The molecule has 3 rings (SSSR count). The summed E-state index contributed by atoms with van der Waals surface area (Å²) in [6, 6.07) is 9.39. The van der Waals surface area contributed by atoms with E-state index in [-0.39, 0.29) is 0 Å². The summed E-state index contributed by atoms with van der Waals surface area (Å²) in [6.07, 6.45) is 6.35. The first-order valence-electron chi connectivity index (χ1n) is 8.49. The molecule has 0 radical (unpaired) electrons. The van der Waals surface area contributed by atoms with Crippen molar-refractivity contribution in [2.75, 3.05) is 6.54 Å². The number of nitrogens with one attached hydrogen (secondary N) is 1. The summed E-state index contributed by atoms with van der Waals surface area (Å²) in [5.41, 5.74) is 2.59. The minimum Gasteiger partial charge on any atom is -0.314 e. The second-order valence-corrected chi connectivity index (χ2v) is 6.31. The third-order valence-electron chi connectivity index (χ3n) is 4.74. The molecular formula is C18H27N3. The smallest absolute Gasteiger partial charge is 0.0706 e. The molecule has 3 nitrogen and oxygen atoms in total. The van der Waals surface area contributed by atoms with Gasteiger partial charge in [-0.2, -0.15) is 5.10 Å². The number of aromatic nitrogens is 2. The molecule has 0 aliphatic heterocycles. The van der Waals surface area contributed by atoms with Gasteiger partial charge in [-0.1, -0.05) is 25.1 Å². The monoisotopic (exact) mass is 285 g/mol. The van der Waals surface area contributed by atoms with Crippen LogP contribution in [0.2, 0.25) is 0 Å². The van der Waals surface area contributed by atoms with Gasteiger partial charge in [-0.3, -0.25) is 4.68 Å². The molecule has 114 valence electrons. The normalized spacial score (nSPS) is 22.2. The Morgan fingerprint density at radius 3 is 2.90 bits per heavy atom. The van der Waals surface area contributed by atoms with Crippen molar-refractivity contribution >= 4 is 10.9 Å². The fourth-order valence-corrected chi connectivity index (χ4v) is 3.66. The van der Waals surface area contributed by atoms with E-state index in [1.165, 1.54) is 42.3 Å². The lowest BCUT2D eigenvalue weighted by atomic mass is 9.99. The second kappa shape index (κ2) is 6.61. The van der Waals surface area contributed by atoms with E-state index < -0.39 is 0 Å². The Labute approximate surface area is 127 Å². The van der Waals surface area contributed by atoms with Crippen LogP contribution in [0.1, 0.15) is 45.2 Å². The van der Waals surface area contributed by atoms with Crippen molar-refractivity contribution in [1.29, 1.82) is 0 Å². The maximum Gasteiger partial charge on any atom is 0.0706 e. The van der Waals surface area contributed by atoms with E-state index in [4.69, 9.17) is 5.10 Å². The third kappa shape index (κ3) is 3.13.